The van der Waals surface area contributed by atoms with Crippen LogP contribution in [-0.4, -0.2) is 79.7 Å². The third kappa shape index (κ3) is 7.16. The van der Waals surface area contributed by atoms with Gasteiger partial charge in [0, 0.05) is 60.8 Å². The van der Waals surface area contributed by atoms with E-state index in [9.17, 15) is 18.3 Å². The van der Waals surface area contributed by atoms with Gasteiger partial charge >= 0.3 is 6.03 Å². The van der Waals surface area contributed by atoms with E-state index in [0.717, 1.165) is 5.56 Å². The number of rotatable bonds is 6. The maximum absolute atomic E-state index is 13.7. The number of benzene rings is 2. The number of pyridine rings is 1. The Morgan fingerprint density at radius 2 is 1.93 bits per heavy atom. The lowest BCUT2D eigenvalue weighted by Gasteiger charge is -2.37. The molecule has 3 aromatic rings. The number of anilines is 1. The first kappa shape index (κ1) is 29.9. The molecule has 0 radical (unpaired) electrons. The molecule has 0 bridgehead atoms. The van der Waals surface area contributed by atoms with Gasteiger partial charge in [-0.2, -0.15) is 4.31 Å². The molecule has 41 heavy (non-hydrogen) atoms. The van der Waals surface area contributed by atoms with Crippen LogP contribution in [0.1, 0.15) is 25.0 Å². The highest BCUT2D eigenvalue weighted by atomic mass is 32.2. The summed E-state index contributed by atoms with van der Waals surface area (Å²) in [5, 5.41) is 12.7. The molecule has 2 N–H and O–H groups in total. The van der Waals surface area contributed by atoms with E-state index in [1.54, 1.807) is 82.0 Å². The van der Waals surface area contributed by atoms with Crippen LogP contribution in [-0.2, 0) is 10.0 Å². The molecule has 11 heteroatoms. The summed E-state index contributed by atoms with van der Waals surface area (Å²) in [5.41, 5.74) is 1.90. The zero-order valence-electron chi connectivity index (χ0n) is 23.4. The Morgan fingerprint density at radius 3 is 2.63 bits per heavy atom. The molecule has 2 aromatic carbocycles. The number of aliphatic hydroxyl groups is 1. The Balaban J connectivity index is 1.65. The number of urea groups is 1. The van der Waals surface area contributed by atoms with Crippen molar-refractivity contribution in [3.05, 3.63) is 78.1 Å². The van der Waals surface area contributed by atoms with Crippen molar-refractivity contribution in [1.82, 2.24) is 14.2 Å². The van der Waals surface area contributed by atoms with Crippen LogP contribution in [0, 0.1) is 17.8 Å². The quantitative estimate of drug-likeness (QED) is 0.430. The average Bonchev–Trinajstić information content (AvgIpc) is 2.97. The van der Waals surface area contributed by atoms with E-state index in [0.29, 0.717) is 17.0 Å². The molecule has 1 aliphatic rings. The minimum Gasteiger partial charge on any atom is -0.497 e. The molecule has 2 heterocycles. The molecule has 0 fully saturated rings. The fourth-order valence-electron chi connectivity index (χ4n) is 4.37. The van der Waals surface area contributed by atoms with Crippen molar-refractivity contribution >= 4 is 21.7 Å². The van der Waals surface area contributed by atoms with Crippen LogP contribution in [0.25, 0.3) is 0 Å². The van der Waals surface area contributed by atoms with Crippen LogP contribution in [0.4, 0.5) is 10.5 Å². The van der Waals surface area contributed by atoms with E-state index in [-0.39, 0.29) is 42.3 Å². The molecule has 0 unspecified atom stereocenters. The Kier molecular flexibility index (Phi) is 9.50. The molecule has 4 rings (SSSR count). The van der Waals surface area contributed by atoms with Gasteiger partial charge in [0.1, 0.15) is 22.5 Å². The predicted molar refractivity (Wildman–Crippen MR) is 155 cm³/mol. The Hall–Kier alpha value is -4.11. The number of nitrogens with zero attached hydrogens (tertiary/aromatic N) is 3. The summed E-state index contributed by atoms with van der Waals surface area (Å²) in [6.07, 6.45) is 2.72. The first-order valence-corrected chi connectivity index (χ1v) is 14.6. The van der Waals surface area contributed by atoms with Crippen molar-refractivity contribution in [2.24, 2.45) is 5.92 Å². The highest BCUT2D eigenvalue weighted by Crippen LogP contribution is 2.34. The summed E-state index contributed by atoms with van der Waals surface area (Å²) in [7, 11) is -0.802. The number of amides is 2. The summed E-state index contributed by atoms with van der Waals surface area (Å²) in [6.45, 7) is 3.45. The lowest BCUT2D eigenvalue weighted by molar-refractivity contribution is 0.0830. The van der Waals surface area contributed by atoms with Gasteiger partial charge in [0.2, 0.25) is 10.0 Å². The number of hydrogen-bond acceptors (Lipinski definition) is 7. The van der Waals surface area contributed by atoms with Gasteiger partial charge in [0.25, 0.3) is 0 Å². The van der Waals surface area contributed by atoms with E-state index in [1.165, 1.54) is 15.3 Å². The largest absolute Gasteiger partial charge is 0.497 e. The molecule has 0 aliphatic carbocycles. The summed E-state index contributed by atoms with van der Waals surface area (Å²) in [6, 6.07) is 14.3. The van der Waals surface area contributed by atoms with Crippen molar-refractivity contribution in [2.45, 2.75) is 30.9 Å². The third-order valence-corrected chi connectivity index (χ3v) is 8.84. The van der Waals surface area contributed by atoms with E-state index in [4.69, 9.17) is 9.47 Å². The van der Waals surface area contributed by atoms with Gasteiger partial charge in [-0.25, -0.2) is 13.2 Å². The number of carbonyl (C=O) groups is 1. The number of ether oxygens (including phenoxy) is 2. The fraction of sp³-hybridized carbons (Fsp3) is 0.333. The van der Waals surface area contributed by atoms with Gasteiger partial charge in [-0.1, -0.05) is 24.8 Å². The summed E-state index contributed by atoms with van der Waals surface area (Å²) in [4.78, 5) is 18.5. The summed E-state index contributed by atoms with van der Waals surface area (Å²) < 4.78 is 40.3. The van der Waals surface area contributed by atoms with Gasteiger partial charge in [0.15, 0.2) is 0 Å². The van der Waals surface area contributed by atoms with Gasteiger partial charge in [-0.05, 0) is 49.4 Å². The number of sulfonamides is 1. The third-order valence-electron chi connectivity index (χ3n) is 6.82. The van der Waals surface area contributed by atoms with Gasteiger partial charge in [-0.3, -0.25) is 4.98 Å². The smallest absolute Gasteiger partial charge is 0.321 e. The number of likely N-dealkylation sites (N-methyl/N-ethyl adjacent to an activating group) is 1. The summed E-state index contributed by atoms with van der Waals surface area (Å²) in [5.74, 6) is 6.52. The van der Waals surface area contributed by atoms with Gasteiger partial charge in [0.05, 0.1) is 20.3 Å². The van der Waals surface area contributed by atoms with Gasteiger partial charge < -0.3 is 24.8 Å². The average molecular weight is 579 g/mol. The molecule has 0 saturated heterocycles. The van der Waals surface area contributed by atoms with Crippen molar-refractivity contribution in [3.63, 3.8) is 0 Å². The number of nitrogens with one attached hydrogen (secondary N) is 1. The molecule has 3 atom stereocenters. The molecule has 216 valence electrons. The number of aromatic nitrogens is 1. The molecular formula is C30H34N4O6S. The van der Waals surface area contributed by atoms with Crippen molar-refractivity contribution in [2.75, 3.05) is 39.2 Å². The summed E-state index contributed by atoms with van der Waals surface area (Å²) >= 11 is 0. The second-order valence-electron chi connectivity index (χ2n) is 9.93. The van der Waals surface area contributed by atoms with E-state index in [1.807, 2.05) is 6.92 Å². The highest BCUT2D eigenvalue weighted by Gasteiger charge is 2.38. The van der Waals surface area contributed by atoms with E-state index >= 15 is 0 Å². The molecule has 2 amide bonds. The topological polar surface area (TPSA) is 121 Å². The maximum atomic E-state index is 13.7. The van der Waals surface area contributed by atoms with Crippen LogP contribution in [0.2, 0.25) is 0 Å². The maximum Gasteiger partial charge on any atom is 0.321 e. The lowest BCUT2D eigenvalue weighted by atomic mass is 10.0. The zero-order chi connectivity index (χ0) is 29.6. The Bertz CT molecular complexity index is 1540. The SMILES string of the molecule is COc1cccc(NC(=O)N(C)C[C@@H]2Oc3cc(C#Cc4ccncc4)ccc3S(=O)(=O)N([C@H](C)CO)C[C@@H]2C)c1. The monoisotopic (exact) mass is 578 g/mol. The Labute approximate surface area is 241 Å². The van der Waals surface area contributed by atoms with Crippen molar-refractivity contribution < 1.29 is 27.8 Å². The number of fused-ring (bicyclic) bond motifs is 1. The van der Waals surface area contributed by atoms with Crippen LogP contribution in [0.3, 0.4) is 0 Å². The number of carbonyl (C=O) groups excluding carboxylic acids is 1. The van der Waals surface area contributed by atoms with E-state index < -0.39 is 22.2 Å². The molecular weight excluding hydrogens is 544 g/mol. The van der Waals surface area contributed by atoms with Crippen molar-refractivity contribution in [1.29, 1.82) is 0 Å². The normalized spacial score (nSPS) is 18.8. The van der Waals surface area contributed by atoms with Gasteiger partial charge in [-0.15, -0.1) is 0 Å². The second-order valence-corrected chi connectivity index (χ2v) is 11.8. The van der Waals surface area contributed by atoms with Crippen LogP contribution >= 0.6 is 0 Å². The molecule has 10 nitrogen and oxygen atoms in total. The minimum absolute atomic E-state index is 0.0207. The molecule has 0 spiro atoms. The lowest BCUT2D eigenvalue weighted by Crippen LogP contribution is -2.50. The predicted octanol–water partition coefficient (Wildman–Crippen LogP) is 3.42. The number of aliphatic hydroxyl groups excluding tert-OH is 1. The van der Waals surface area contributed by atoms with Crippen LogP contribution < -0.4 is 14.8 Å². The molecule has 1 aromatic heterocycles. The van der Waals surface area contributed by atoms with E-state index in [2.05, 4.69) is 22.1 Å². The Morgan fingerprint density at radius 1 is 1.20 bits per heavy atom. The van der Waals surface area contributed by atoms with Crippen LogP contribution in [0.5, 0.6) is 11.5 Å². The minimum atomic E-state index is -4.00. The van der Waals surface area contributed by atoms with Crippen molar-refractivity contribution in [3.8, 4) is 23.3 Å². The number of methoxy groups -OCH3 is 1. The second kappa shape index (κ2) is 13.0. The first-order chi connectivity index (χ1) is 19.6. The molecule has 0 saturated carbocycles. The number of hydrogen-bond donors (Lipinski definition) is 2. The standard InChI is InChI=1S/C30H34N4O6S/c1-21-18-34(22(2)20-35)41(37,38)29-11-10-24(9-8-23-12-14-31-15-13-23)16-27(29)40-28(21)19-33(3)30(36)32-25-6-5-7-26(17-25)39-4/h5-7,10-17,21-22,28,35H,18-20H2,1-4H3,(H,32,36)/t21-,22+,28-/m0/s1. The zero-order valence-corrected chi connectivity index (χ0v) is 24.3. The highest BCUT2D eigenvalue weighted by molar-refractivity contribution is 7.89. The first-order valence-electron chi connectivity index (χ1n) is 13.1. The van der Waals surface area contributed by atoms with Crippen LogP contribution in [0.15, 0.2) is 71.9 Å². The fourth-order valence-corrected chi connectivity index (χ4v) is 6.20. The molecule has 1 aliphatic heterocycles.